The molecule has 0 unspecified atom stereocenters. The summed E-state index contributed by atoms with van der Waals surface area (Å²) in [7, 11) is 1.13. The van der Waals surface area contributed by atoms with Gasteiger partial charge in [-0.15, -0.1) is 0 Å². The van der Waals surface area contributed by atoms with Gasteiger partial charge in [0, 0.05) is 16.8 Å². The van der Waals surface area contributed by atoms with Gasteiger partial charge in [-0.3, -0.25) is 9.59 Å². The number of nitrogens with two attached hydrogens (primary N) is 1. The van der Waals surface area contributed by atoms with Crippen molar-refractivity contribution in [1.82, 2.24) is 0 Å². The number of nitrogens with one attached hydrogen (secondary N) is 1. The lowest BCUT2D eigenvalue weighted by atomic mass is 10.0. The van der Waals surface area contributed by atoms with Crippen LogP contribution in [0.25, 0.3) is 0 Å². The fourth-order valence-corrected chi connectivity index (χ4v) is 2.24. The minimum absolute atomic E-state index is 0.0562. The van der Waals surface area contributed by atoms with E-state index in [2.05, 4.69) is 10.1 Å². The molecule has 0 aliphatic rings. The van der Waals surface area contributed by atoms with Crippen LogP contribution in [0.2, 0.25) is 0 Å². The summed E-state index contributed by atoms with van der Waals surface area (Å²) in [4.78, 5) is 23.6. The molecule has 0 spiro atoms. The number of ether oxygens (including phenoxy) is 1. The first-order valence-corrected chi connectivity index (χ1v) is 7.10. The van der Waals surface area contributed by atoms with Crippen molar-refractivity contribution >= 4 is 17.5 Å². The van der Waals surface area contributed by atoms with Gasteiger partial charge in [0.2, 0.25) is 5.91 Å². The van der Waals surface area contributed by atoms with E-state index in [-0.39, 0.29) is 22.6 Å². The van der Waals surface area contributed by atoms with E-state index in [9.17, 15) is 22.8 Å². The summed E-state index contributed by atoms with van der Waals surface area (Å²) in [6.45, 7) is 1.65. The molecule has 0 bridgehead atoms. The number of amides is 2. The number of carbonyl (C=O) groups is 2. The van der Waals surface area contributed by atoms with E-state index < -0.39 is 23.6 Å². The van der Waals surface area contributed by atoms with Crippen LogP contribution in [0.1, 0.15) is 31.8 Å². The van der Waals surface area contributed by atoms with Crippen LogP contribution in [0.5, 0.6) is 5.75 Å². The van der Waals surface area contributed by atoms with Gasteiger partial charge in [0.1, 0.15) is 5.75 Å². The topological polar surface area (TPSA) is 81.4 Å². The molecule has 0 saturated heterocycles. The summed E-state index contributed by atoms with van der Waals surface area (Å²) < 4.78 is 43.7. The molecule has 2 amide bonds. The van der Waals surface area contributed by atoms with Crippen molar-refractivity contribution in [1.29, 1.82) is 0 Å². The van der Waals surface area contributed by atoms with E-state index in [1.165, 1.54) is 24.3 Å². The highest BCUT2D eigenvalue weighted by Crippen LogP contribution is 2.37. The molecular formula is C17H15F3N2O3. The number of benzene rings is 2. The summed E-state index contributed by atoms with van der Waals surface area (Å²) in [6, 6.07) is 7.45. The normalized spacial score (nSPS) is 11.1. The molecule has 5 nitrogen and oxygen atoms in total. The van der Waals surface area contributed by atoms with Gasteiger partial charge in [0.15, 0.2) is 0 Å². The van der Waals surface area contributed by atoms with E-state index in [1.807, 2.05) is 0 Å². The van der Waals surface area contributed by atoms with Crippen molar-refractivity contribution in [3.05, 3.63) is 58.7 Å². The third kappa shape index (κ3) is 4.09. The number of hydrogen-bond donors (Lipinski definition) is 2. The smallest absolute Gasteiger partial charge is 0.420 e. The van der Waals surface area contributed by atoms with Gasteiger partial charge < -0.3 is 15.8 Å². The summed E-state index contributed by atoms with van der Waals surface area (Å²) >= 11 is 0. The molecule has 0 aromatic heterocycles. The Kier molecular flexibility index (Phi) is 5.01. The zero-order valence-corrected chi connectivity index (χ0v) is 13.4. The third-order valence-electron chi connectivity index (χ3n) is 3.53. The maximum Gasteiger partial charge on any atom is 0.420 e. The number of alkyl halides is 3. The quantitative estimate of drug-likeness (QED) is 0.885. The molecule has 0 radical (unpaired) electrons. The van der Waals surface area contributed by atoms with Crippen LogP contribution in [-0.2, 0) is 6.18 Å². The molecule has 25 heavy (non-hydrogen) atoms. The van der Waals surface area contributed by atoms with Crippen LogP contribution < -0.4 is 15.8 Å². The number of methoxy groups -OCH3 is 1. The maximum absolute atomic E-state index is 13.0. The van der Waals surface area contributed by atoms with Crippen molar-refractivity contribution in [2.45, 2.75) is 13.1 Å². The minimum Gasteiger partial charge on any atom is -0.496 e. The molecule has 8 heteroatoms. The van der Waals surface area contributed by atoms with Gasteiger partial charge in [0.05, 0.1) is 12.7 Å². The van der Waals surface area contributed by atoms with Crippen LogP contribution in [0.4, 0.5) is 18.9 Å². The molecule has 0 saturated carbocycles. The number of halogens is 3. The SMILES string of the molecule is COc1ccc(NC(=O)c2ccc(C)c(C(N)=O)c2)cc1C(F)(F)F. The largest absolute Gasteiger partial charge is 0.496 e. The Bertz CT molecular complexity index is 832. The molecule has 0 atom stereocenters. The van der Waals surface area contributed by atoms with Crippen molar-refractivity contribution in [3.63, 3.8) is 0 Å². The standard InChI is InChI=1S/C17H15F3N2O3/c1-9-3-4-10(7-12(9)15(21)23)16(24)22-11-5-6-14(25-2)13(8-11)17(18,19)20/h3-8H,1-2H3,(H2,21,23)(H,22,24). The maximum atomic E-state index is 13.0. The number of aryl methyl sites for hydroxylation is 1. The van der Waals surface area contributed by atoms with Gasteiger partial charge in [-0.25, -0.2) is 0 Å². The predicted molar refractivity (Wildman–Crippen MR) is 85.6 cm³/mol. The molecule has 2 aromatic carbocycles. The lowest BCUT2D eigenvalue weighted by molar-refractivity contribution is -0.138. The van der Waals surface area contributed by atoms with Crippen LogP contribution in [0, 0.1) is 6.92 Å². The number of hydrogen-bond acceptors (Lipinski definition) is 3. The average molecular weight is 352 g/mol. The van der Waals surface area contributed by atoms with Gasteiger partial charge in [-0.2, -0.15) is 13.2 Å². The van der Waals surface area contributed by atoms with Crippen molar-refractivity contribution in [3.8, 4) is 5.75 Å². The number of primary amides is 1. The Morgan fingerprint density at radius 2 is 1.80 bits per heavy atom. The van der Waals surface area contributed by atoms with Crippen LogP contribution >= 0.6 is 0 Å². The summed E-state index contributed by atoms with van der Waals surface area (Å²) in [6.07, 6.45) is -4.63. The highest BCUT2D eigenvalue weighted by Gasteiger charge is 2.34. The zero-order chi connectivity index (χ0) is 18.8. The van der Waals surface area contributed by atoms with Gasteiger partial charge in [-0.1, -0.05) is 6.07 Å². The van der Waals surface area contributed by atoms with Gasteiger partial charge in [0.25, 0.3) is 5.91 Å². The molecule has 132 valence electrons. The second kappa shape index (κ2) is 6.84. The van der Waals surface area contributed by atoms with Gasteiger partial charge >= 0.3 is 6.18 Å². The molecular weight excluding hydrogens is 337 g/mol. The Hall–Kier alpha value is -3.03. The van der Waals surface area contributed by atoms with E-state index in [0.717, 1.165) is 19.2 Å². The summed E-state index contributed by atoms with van der Waals surface area (Å²) in [5.41, 5.74) is 5.02. The lowest BCUT2D eigenvalue weighted by Crippen LogP contribution is -2.17. The Balaban J connectivity index is 2.32. The number of carbonyl (C=O) groups excluding carboxylic acids is 2. The molecule has 0 aliphatic heterocycles. The van der Waals surface area contributed by atoms with E-state index in [0.29, 0.717) is 5.56 Å². The number of anilines is 1. The summed E-state index contributed by atoms with van der Waals surface area (Å²) in [5, 5.41) is 2.36. The molecule has 0 aliphatic carbocycles. The number of rotatable bonds is 4. The van der Waals surface area contributed by atoms with Crippen LogP contribution in [0.3, 0.4) is 0 Å². The van der Waals surface area contributed by atoms with Crippen LogP contribution in [0.15, 0.2) is 36.4 Å². The van der Waals surface area contributed by atoms with Gasteiger partial charge in [-0.05, 0) is 42.8 Å². The van der Waals surface area contributed by atoms with Crippen molar-refractivity contribution in [2.75, 3.05) is 12.4 Å². The predicted octanol–water partition coefficient (Wildman–Crippen LogP) is 3.37. The highest BCUT2D eigenvalue weighted by atomic mass is 19.4. The first-order valence-electron chi connectivity index (χ1n) is 7.10. The Labute approximate surface area is 141 Å². The molecule has 3 N–H and O–H groups in total. The first kappa shape index (κ1) is 18.3. The molecule has 0 fully saturated rings. The first-order chi connectivity index (χ1) is 11.6. The Morgan fingerprint density at radius 3 is 2.36 bits per heavy atom. The fraction of sp³-hybridized carbons (Fsp3) is 0.176. The van der Waals surface area contributed by atoms with Crippen molar-refractivity contribution < 1.29 is 27.5 Å². The fourth-order valence-electron chi connectivity index (χ4n) is 2.24. The third-order valence-corrected chi connectivity index (χ3v) is 3.53. The second-order valence-corrected chi connectivity index (χ2v) is 5.26. The molecule has 2 rings (SSSR count). The molecule has 0 heterocycles. The highest BCUT2D eigenvalue weighted by molar-refractivity contribution is 6.06. The Morgan fingerprint density at radius 1 is 1.12 bits per heavy atom. The van der Waals surface area contributed by atoms with E-state index in [4.69, 9.17) is 5.73 Å². The molecule has 2 aromatic rings. The monoisotopic (exact) mass is 352 g/mol. The zero-order valence-electron chi connectivity index (χ0n) is 13.4. The minimum atomic E-state index is -4.63. The van der Waals surface area contributed by atoms with Crippen molar-refractivity contribution in [2.24, 2.45) is 5.73 Å². The lowest BCUT2D eigenvalue weighted by Gasteiger charge is -2.14. The summed E-state index contributed by atoms with van der Waals surface area (Å²) in [5.74, 6) is -1.71. The van der Waals surface area contributed by atoms with Crippen LogP contribution in [-0.4, -0.2) is 18.9 Å². The van der Waals surface area contributed by atoms with E-state index in [1.54, 1.807) is 6.92 Å². The second-order valence-electron chi connectivity index (χ2n) is 5.26. The average Bonchev–Trinajstić information content (AvgIpc) is 2.54. The van der Waals surface area contributed by atoms with E-state index >= 15 is 0 Å².